The number of rotatable bonds is 11. The van der Waals surface area contributed by atoms with Crippen molar-refractivity contribution in [1.82, 2.24) is 14.9 Å². The molecule has 1 aromatic heterocycles. The fourth-order valence-corrected chi connectivity index (χ4v) is 5.73. The lowest BCUT2D eigenvalue weighted by atomic mass is 9.83. The predicted octanol–water partition coefficient (Wildman–Crippen LogP) is 5.23. The van der Waals surface area contributed by atoms with Crippen molar-refractivity contribution in [1.29, 1.82) is 0 Å². The molecule has 2 bridgehead atoms. The van der Waals surface area contributed by atoms with Crippen LogP contribution in [-0.4, -0.2) is 47.9 Å². The molecule has 41 heavy (non-hydrogen) atoms. The Morgan fingerprint density at radius 1 is 1.05 bits per heavy atom. The van der Waals surface area contributed by atoms with E-state index in [1.807, 2.05) is 29.7 Å². The van der Waals surface area contributed by atoms with E-state index in [0.717, 1.165) is 73.8 Å². The number of amides is 1. The molecule has 2 atom stereocenters. The summed E-state index contributed by atoms with van der Waals surface area (Å²) in [6, 6.07) is 18.7. The minimum atomic E-state index is -0.276. The normalized spacial score (nSPS) is 17.9. The van der Waals surface area contributed by atoms with Crippen LogP contribution < -0.4 is 20.5 Å². The molecule has 3 aromatic rings. The molecule has 2 aliphatic heterocycles. The molecule has 218 valence electrons. The van der Waals surface area contributed by atoms with Gasteiger partial charge in [-0.25, -0.2) is 5.43 Å². The summed E-state index contributed by atoms with van der Waals surface area (Å²) in [5.41, 5.74) is 6.36. The number of fused-ring (bicyclic) bond motifs is 4. The number of benzene rings is 2. The molecule has 0 aliphatic carbocycles. The number of halogens is 1. The topological polar surface area (TPSA) is 85.2 Å². The van der Waals surface area contributed by atoms with Crippen molar-refractivity contribution in [3.05, 3.63) is 93.4 Å². The third-order valence-electron chi connectivity index (χ3n) is 7.60. The average Bonchev–Trinajstić information content (AvgIpc) is 2.95. The number of pyridine rings is 1. The molecule has 0 saturated carbocycles. The van der Waals surface area contributed by atoms with Gasteiger partial charge in [0.15, 0.2) is 0 Å². The number of hydrogen-bond acceptors (Lipinski definition) is 6. The first kappa shape index (κ1) is 30.3. The van der Waals surface area contributed by atoms with Crippen molar-refractivity contribution in [2.75, 3.05) is 26.3 Å². The number of nitrogens with one attached hydrogen (secondary N) is 1. The molecule has 1 N–H and O–H groups in total. The van der Waals surface area contributed by atoms with Gasteiger partial charge in [0.05, 0.1) is 19.4 Å². The van der Waals surface area contributed by atoms with E-state index in [1.54, 1.807) is 36.5 Å². The second kappa shape index (κ2) is 14.3. The monoisotopic (exact) mass is 578 g/mol. The van der Waals surface area contributed by atoms with Crippen LogP contribution in [0.2, 0.25) is 0 Å². The smallest absolute Gasteiger partial charge is 0.271 e. The third-order valence-corrected chi connectivity index (χ3v) is 7.60. The van der Waals surface area contributed by atoms with Gasteiger partial charge in [-0.3, -0.25) is 14.5 Å². The second-order valence-electron chi connectivity index (χ2n) is 10.6. The summed E-state index contributed by atoms with van der Waals surface area (Å²) in [4.78, 5) is 27.4. The molecule has 2 aromatic carbocycles. The lowest BCUT2D eigenvalue weighted by molar-refractivity contribution is 0.0955. The van der Waals surface area contributed by atoms with E-state index >= 15 is 0 Å². The van der Waals surface area contributed by atoms with Gasteiger partial charge in [0, 0.05) is 55.0 Å². The van der Waals surface area contributed by atoms with Gasteiger partial charge >= 0.3 is 0 Å². The summed E-state index contributed by atoms with van der Waals surface area (Å²) in [6.07, 6.45) is 4.86. The minimum Gasteiger partial charge on any atom is -0.494 e. The fraction of sp³-hybridized carbons (Fsp3) is 0.406. The first-order valence-electron chi connectivity index (χ1n) is 14.3. The van der Waals surface area contributed by atoms with Crippen LogP contribution in [0.3, 0.4) is 0 Å². The van der Waals surface area contributed by atoms with Crippen LogP contribution in [0.5, 0.6) is 11.5 Å². The van der Waals surface area contributed by atoms with Gasteiger partial charge < -0.3 is 14.0 Å². The summed E-state index contributed by atoms with van der Waals surface area (Å²) in [5, 5.41) is 4.20. The molecule has 9 heteroatoms. The maximum Gasteiger partial charge on any atom is 0.271 e. The number of carbonyl (C=O) groups is 1. The SMILES string of the molecule is CCCCOc1ccc(C(=O)NN=Cc2ccc(OCC)c(CN3CC4CC(C3)c3cccc(=O)n3C4)c2)cc1.Cl. The van der Waals surface area contributed by atoms with E-state index in [0.29, 0.717) is 30.6 Å². The molecule has 0 spiro atoms. The molecule has 1 saturated heterocycles. The zero-order valence-corrected chi connectivity index (χ0v) is 24.6. The van der Waals surface area contributed by atoms with E-state index in [-0.39, 0.29) is 23.9 Å². The Kier molecular flexibility index (Phi) is 10.6. The Labute approximate surface area is 247 Å². The van der Waals surface area contributed by atoms with Gasteiger partial charge in [0.25, 0.3) is 11.5 Å². The summed E-state index contributed by atoms with van der Waals surface area (Å²) < 4.78 is 13.6. The Hall–Kier alpha value is -3.62. The van der Waals surface area contributed by atoms with E-state index in [4.69, 9.17) is 9.47 Å². The molecule has 8 nitrogen and oxygen atoms in total. The number of unbranched alkanes of at least 4 members (excludes halogenated alkanes) is 1. The fourth-order valence-electron chi connectivity index (χ4n) is 5.73. The zero-order chi connectivity index (χ0) is 27.9. The summed E-state index contributed by atoms with van der Waals surface area (Å²) in [5.74, 6) is 2.15. The number of likely N-dealkylation sites (tertiary alicyclic amines) is 1. The first-order valence-corrected chi connectivity index (χ1v) is 14.3. The van der Waals surface area contributed by atoms with Crippen LogP contribution in [0.25, 0.3) is 0 Å². The number of aromatic nitrogens is 1. The molecule has 2 aliphatic rings. The number of piperidine rings is 1. The highest BCUT2D eigenvalue weighted by Gasteiger charge is 2.34. The van der Waals surface area contributed by atoms with Gasteiger partial charge in [-0.05, 0) is 79.8 Å². The third kappa shape index (κ3) is 7.57. The van der Waals surface area contributed by atoms with Crippen LogP contribution in [0.1, 0.15) is 66.2 Å². The summed E-state index contributed by atoms with van der Waals surface area (Å²) >= 11 is 0. The van der Waals surface area contributed by atoms with E-state index < -0.39 is 0 Å². The molecule has 5 rings (SSSR count). The molecule has 1 amide bonds. The Morgan fingerprint density at radius 2 is 1.88 bits per heavy atom. The standard InChI is InChI=1S/C32H38N4O4.ClH/c1-3-5-15-40-28-12-10-25(11-13-28)32(38)34-33-18-23-9-14-30(39-4-2)27(16-23)22-35-19-24-17-26(21-35)29-7-6-8-31(37)36(29)20-24;/h6-14,16,18,24,26H,3-5,15,17,19-22H2,1-2H3,(H,34,38);1H. The van der Waals surface area contributed by atoms with Gasteiger partial charge in [-0.2, -0.15) is 5.10 Å². The molecule has 0 radical (unpaired) electrons. The minimum absolute atomic E-state index is 0. The van der Waals surface area contributed by atoms with Crippen molar-refractivity contribution in [3.8, 4) is 11.5 Å². The van der Waals surface area contributed by atoms with E-state index in [1.165, 1.54) is 0 Å². The number of hydrazone groups is 1. The highest BCUT2D eigenvalue weighted by molar-refractivity contribution is 5.95. The number of carbonyl (C=O) groups excluding carboxylic acids is 1. The summed E-state index contributed by atoms with van der Waals surface area (Å²) in [6.45, 7) is 8.74. The molecular weight excluding hydrogens is 540 g/mol. The van der Waals surface area contributed by atoms with E-state index in [2.05, 4.69) is 34.5 Å². The van der Waals surface area contributed by atoms with E-state index in [9.17, 15) is 9.59 Å². The molecule has 1 fully saturated rings. The Balaban J connectivity index is 0.00000387. The van der Waals surface area contributed by atoms with Gasteiger partial charge in [-0.1, -0.05) is 19.4 Å². The number of ether oxygens (including phenoxy) is 2. The molecule has 3 heterocycles. The van der Waals surface area contributed by atoms with Crippen LogP contribution in [-0.2, 0) is 13.1 Å². The maximum atomic E-state index is 12.6. The van der Waals surface area contributed by atoms with Crippen molar-refractivity contribution in [2.45, 2.75) is 52.1 Å². The lowest BCUT2D eigenvalue weighted by Gasteiger charge is -2.43. The van der Waals surface area contributed by atoms with Crippen molar-refractivity contribution in [2.24, 2.45) is 11.0 Å². The lowest BCUT2D eigenvalue weighted by Crippen LogP contribution is -2.46. The van der Waals surface area contributed by atoms with Crippen LogP contribution in [0, 0.1) is 5.92 Å². The van der Waals surface area contributed by atoms with Gasteiger partial charge in [-0.15, -0.1) is 12.4 Å². The molecular formula is C32H39ClN4O4. The van der Waals surface area contributed by atoms with Crippen molar-refractivity contribution in [3.63, 3.8) is 0 Å². The maximum absolute atomic E-state index is 12.6. The number of hydrogen-bond donors (Lipinski definition) is 1. The average molecular weight is 579 g/mol. The van der Waals surface area contributed by atoms with Gasteiger partial charge in [0.2, 0.25) is 0 Å². The van der Waals surface area contributed by atoms with Crippen LogP contribution in [0.4, 0.5) is 0 Å². The first-order chi connectivity index (χ1) is 19.5. The van der Waals surface area contributed by atoms with Crippen LogP contribution in [0.15, 0.2) is 70.6 Å². The largest absolute Gasteiger partial charge is 0.494 e. The Morgan fingerprint density at radius 3 is 2.66 bits per heavy atom. The highest BCUT2D eigenvalue weighted by Crippen LogP contribution is 2.36. The second-order valence-corrected chi connectivity index (χ2v) is 10.6. The summed E-state index contributed by atoms with van der Waals surface area (Å²) in [7, 11) is 0. The Bertz CT molecular complexity index is 1410. The number of nitrogens with zero attached hydrogens (tertiary/aromatic N) is 3. The van der Waals surface area contributed by atoms with Crippen molar-refractivity contribution < 1.29 is 14.3 Å². The highest BCUT2D eigenvalue weighted by atomic mass is 35.5. The van der Waals surface area contributed by atoms with Crippen LogP contribution >= 0.6 is 12.4 Å². The van der Waals surface area contributed by atoms with Gasteiger partial charge in [0.1, 0.15) is 11.5 Å². The van der Waals surface area contributed by atoms with Crippen molar-refractivity contribution >= 4 is 24.5 Å². The quantitative estimate of drug-likeness (QED) is 0.191. The predicted molar refractivity (Wildman–Crippen MR) is 164 cm³/mol. The molecule has 2 unspecified atom stereocenters. The zero-order valence-electron chi connectivity index (χ0n) is 23.8.